The van der Waals surface area contributed by atoms with Gasteiger partial charge in [0.25, 0.3) is 0 Å². The molecule has 0 aromatic carbocycles. The fourth-order valence-electron chi connectivity index (χ4n) is 3.04. The summed E-state index contributed by atoms with van der Waals surface area (Å²) in [5.74, 6) is -5.01. The number of aliphatic carboxylic acids is 2. The van der Waals surface area contributed by atoms with Gasteiger partial charge in [-0.15, -0.1) is 0 Å². The van der Waals surface area contributed by atoms with Gasteiger partial charge in [0.1, 0.15) is 18.1 Å². The summed E-state index contributed by atoms with van der Waals surface area (Å²) in [6, 6.07) is -4.82. The van der Waals surface area contributed by atoms with E-state index in [0.717, 1.165) is 0 Å². The lowest BCUT2D eigenvalue weighted by atomic mass is 10.0. The van der Waals surface area contributed by atoms with Gasteiger partial charge >= 0.3 is 11.9 Å². The van der Waals surface area contributed by atoms with Crippen molar-refractivity contribution in [1.29, 1.82) is 0 Å². The second-order valence-corrected chi connectivity index (χ2v) is 9.12. The molecule has 11 N–H and O–H groups in total. The number of amides is 4. The van der Waals surface area contributed by atoms with Crippen molar-refractivity contribution < 1.29 is 39.0 Å². The number of hydrogen-bond donors (Lipinski definition) is 8. The van der Waals surface area contributed by atoms with E-state index in [1.807, 2.05) is 0 Å². The first-order valence-electron chi connectivity index (χ1n) is 11.5. The van der Waals surface area contributed by atoms with Crippen LogP contribution in [0.25, 0.3) is 0 Å². The highest BCUT2D eigenvalue weighted by molar-refractivity contribution is 7.98. The van der Waals surface area contributed by atoms with Gasteiger partial charge < -0.3 is 43.4 Å². The Balaban J connectivity index is 5.53. The Morgan fingerprint density at radius 1 is 0.778 bits per heavy atom. The van der Waals surface area contributed by atoms with E-state index in [4.69, 9.17) is 22.3 Å². The van der Waals surface area contributed by atoms with E-state index in [-0.39, 0.29) is 32.1 Å². The monoisotopic (exact) mass is 534 g/mol. The highest BCUT2D eigenvalue weighted by Crippen LogP contribution is 2.07. The summed E-state index contributed by atoms with van der Waals surface area (Å²) >= 11 is 1.39. The van der Waals surface area contributed by atoms with Crippen LogP contribution in [-0.2, 0) is 28.8 Å². The molecule has 206 valence electrons. The molecule has 0 spiro atoms. The van der Waals surface area contributed by atoms with Gasteiger partial charge in [-0.1, -0.05) is 0 Å². The Labute approximate surface area is 213 Å². The molecular formula is C21H38N6O8S. The first kappa shape index (κ1) is 33.1. The van der Waals surface area contributed by atoms with Crippen LogP contribution in [0.1, 0.15) is 51.4 Å². The lowest BCUT2D eigenvalue weighted by molar-refractivity contribution is -0.143. The summed E-state index contributed by atoms with van der Waals surface area (Å²) in [6.07, 6.45) is 2.12. The second-order valence-electron chi connectivity index (χ2n) is 8.13. The van der Waals surface area contributed by atoms with Gasteiger partial charge in [-0.3, -0.25) is 24.0 Å². The summed E-state index contributed by atoms with van der Waals surface area (Å²) in [7, 11) is 0. The maximum atomic E-state index is 13.0. The number of unbranched alkanes of at least 4 members (excludes halogenated alkanes) is 1. The smallest absolute Gasteiger partial charge is 0.326 e. The second kappa shape index (κ2) is 18.4. The van der Waals surface area contributed by atoms with Crippen molar-refractivity contribution in [3.05, 3.63) is 0 Å². The molecule has 4 unspecified atom stereocenters. The predicted octanol–water partition coefficient (Wildman–Crippen LogP) is -2.13. The highest BCUT2D eigenvalue weighted by atomic mass is 32.2. The lowest BCUT2D eigenvalue weighted by Gasteiger charge is -2.25. The number of carboxylic acid groups (broad SMARTS) is 2. The molecular weight excluding hydrogens is 496 g/mol. The van der Waals surface area contributed by atoms with Crippen molar-refractivity contribution in [3.8, 4) is 0 Å². The Hall–Kier alpha value is -2.91. The SMILES string of the molecule is CSCCC(NC(=O)C(CCC(=O)O)NC(=O)C(CCCCN)NC(=O)C(N)CCC(N)=O)C(=O)O. The molecule has 0 saturated carbocycles. The van der Waals surface area contributed by atoms with E-state index >= 15 is 0 Å². The minimum Gasteiger partial charge on any atom is -0.481 e. The quantitative estimate of drug-likeness (QED) is 0.0782. The largest absolute Gasteiger partial charge is 0.481 e. The van der Waals surface area contributed by atoms with E-state index in [0.29, 0.717) is 25.1 Å². The summed E-state index contributed by atoms with van der Waals surface area (Å²) in [6.45, 7) is 0.344. The molecule has 0 aliphatic carbocycles. The van der Waals surface area contributed by atoms with Crippen LogP contribution in [0.5, 0.6) is 0 Å². The number of nitrogens with two attached hydrogens (primary N) is 3. The lowest BCUT2D eigenvalue weighted by Crippen LogP contribution is -2.57. The van der Waals surface area contributed by atoms with E-state index < -0.39 is 66.2 Å². The topological polar surface area (TPSA) is 257 Å². The zero-order valence-corrected chi connectivity index (χ0v) is 21.2. The van der Waals surface area contributed by atoms with Crippen molar-refractivity contribution >= 4 is 47.3 Å². The number of carboxylic acids is 2. The van der Waals surface area contributed by atoms with Crippen LogP contribution in [0, 0.1) is 0 Å². The molecule has 0 rings (SSSR count). The average Bonchev–Trinajstić information content (AvgIpc) is 2.81. The summed E-state index contributed by atoms with van der Waals surface area (Å²) in [5, 5.41) is 25.6. The minimum atomic E-state index is -1.36. The number of thioether (sulfide) groups is 1. The molecule has 4 amide bonds. The zero-order chi connectivity index (χ0) is 27.7. The Kier molecular flexibility index (Phi) is 16.9. The van der Waals surface area contributed by atoms with Crippen LogP contribution in [0.2, 0.25) is 0 Å². The highest BCUT2D eigenvalue weighted by Gasteiger charge is 2.30. The molecule has 0 bridgehead atoms. The molecule has 15 heteroatoms. The molecule has 36 heavy (non-hydrogen) atoms. The maximum Gasteiger partial charge on any atom is 0.326 e. The minimum absolute atomic E-state index is 0.0332. The summed E-state index contributed by atoms with van der Waals surface area (Å²) in [5.41, 5.74) is 16.3. The Morgan fingerprint density at radius 2 is 1.33 bits per heavy atom. The average molecular weight is 535 g/mol. The van der Waals surface area contributed by atoms with Crippen LogP contribution >= 0.6 is 11.8 Å². The van der Waals surface area contributed by atoms with Crippen molar-refractivity contribution in [2.45, 2.75) is 75.5 Å². The number of carbonyl (C=O) groups excluding carboxylic acids is 4. The third-order valence-corrected chi connectivity index (χ3v) is 5.77. The third-order valence-electron chi connectivity index (χ3n) is 5.12. The van der Waals surface area contributed by atoms with Crippen LogP contribution in [0.4, 0.5) is 0 Å². The summed E-state index contributed by atoms with van der Waals surface area (Å²) in [4.78, 5) is 71.7. The van der Waals surface area contributed by atoms with Gasteiger partial charge in [-0.05, 0) is 57.1 Å². The van der Waals surface area contributed by atoms with Gasteiger partial charge in [-0.25, -0.2) is 4.79 Å². The number of hydrogen-bond acceptors (Lipinski definition) is 9. The molecule has 0 saturated heterocycles. The molecule has 0 aliphatic rings. The summed E-state index contributed by atoms with van der Waals surface area (Å²) < 4.78 is 0. The Bertz CT molecular complexity index is 769. The van der Waals surface area contributed by atoms with Gasteiger partial charge in [0, 0.05) is 12.8 Å². The number of rotatable bonds is 20. The van der Waals surface area contributed by atoms with Crippen LogP contribution in [0.15, 0.2) is 0 Å². The fourth-order valence-corrected chi connectivity index (χ4v) is 3.51. The molecule has 14 nitrogen and oxygen atoms in total. The molecule has 0 fully saturated rings. The first-order chi connectivity index (χ1) is 16.9. The molecule has 4 atom stereocenters. The normalized spacial score (nSPS) is 14.1. The van der Waals surface area contributed by atoms with Crippen molar-refractivity contribution in [2.75, 3.05) is 18.6 Å². The molecule has 0 aromatic heterocycles. The van der Waals surface area contributed by atoms with E-state index in [9.17, 15) is 33.9 Å². The van der Waals surface area contributed by atoms with E-state index in [2.05, 4.69) is 16.0 Å². The van der Waals surface area contributed by atoms with Crippen molar-refractivity contribution in [2.24, 2.45) is 17.2 Å². The van der Waals surface area contributed by atoms with Crippen molar-refractivity contribution in [1.82, 2.24) is 16.0 Å². The van der Waals surface area contributed by atoms with Gasteiger partial charge in [0.2, 0.25) is 23.6 Å². The number of primary amides is 1. The third kappa shape index (κ3) is 14.5. The molecule has 0 aromatic rings. The zero-order valence-electron chi connectivity index (χ0n) is 20.4. The first-order valence-corrected chi connectivity index (χ1v) is 12.9. The predicted molar refractivity (Wildman–Crippen MR) is 133 cm³/mol. The maximum absolute atomic E-state index is 13.0. The van der Waals surface area contributed by atoms with E-state index in [1.165, 1.54) is 11.8 Å². The molecule has 0 heterocycles. The van der Waals surface area contributed by atoms with Gasteiger partial charge in [-0.2, -0.15) is 11.8 Å². The number of nitrogens with one attached hydrogen (secondary N) is 3. The van der Waals surface area contributed by atoms with Crippen molar-refractivity contribution in [3.63, 3.8) is 0 Å². The van der Waals surface area contributed by atoms with E-state index in [1.54, 1.807) is 6.26 Å². The molecule has 0 radical (unpaired) electrons. The van der Waals surface area contributed by atoms with Crippen LogP contribution in [0.3, 0.4) is 0 Å². The number of carbonyl (C=O) groups is 6. The van der Waals surface area contributed by atoms with Crippen LogP contribution < -0.4 is 33.2 Å². The van der Waals surface area contributed by atoms with Gasteiger partial charge in [0.05, 0.1) is 6.04 Å². The van der Waals surface area contributed by atoms with Crippen LogP contribution in [-0.4, -0.2) is 88.5 Å². The fraction of sp³-hybridized carbons (Fsp3) is 0.714. The molecule has 0 aliphatic heterocycles. The van der Waals surface area contributed by atoms with Gasteiger partial charge in [0.15, 0.2) is 0 Å². The Morgan fingerprint density at radius 3 is 1.83 bits per heavy atom. The standard InChI is InChI=1S/C21H38N6O8S/c1-36-11-9-15(21(34)35)27-20(33)14(6-8-17(29)30)26-19(32)13(4-2-3-10-22)25-18(31)12(23)5-7-16(24)28/h12-15H,2-11,22-23H2,1H3,(H2,24,28)(H,25,31)(H,26,32)(H,27,33)(H,29,30)(H,34,35).